The minimum atomic E-state index is -0.991. The fourth-order valence-corrected chi connectivity index (χ4v) is 1.71. The molecule has 98 valence electrons. The first-order valence-corrected chi connectivity index (χ1v) is 5.85. The molecule has 6 heteroatoms. The number of carbonyl (C=O) groups is 2. The van der Waals surface area contributed by atoms with E-state index in [4.69, 9.17) is 14.6 Å². The second-order valence-electron chi connectivity index (χ2n) is 3.93. The minimum absolute atomic E-state index is 0.220. The quantitative estimate of drug-likeness (QED) is 0.670. The molecule has 0 aromatic rings. The number of ether oxygens (including phenoxy) is 2. The van der Waals surface area contributed by atoms with Crippen LogP contribution in [0.2, 0.25) is 0 Å². The Balaban J connectivity index is 2.57. The molecule has 0 spiro atoms. The van der Waals surface area contributed by atoms with Crippen molar-refractivity contribution < 1.29 is 24.2 Å². The predicted molar refractivity (Wildman–Crippen MR) is 59.7 cm³/mol. The molecule has 0 bridgehead atoms. The average Bonchev–Trinajstić information content (AvgIpc) is 2.34. The Hall–Kier alpha value is -1.14. The number of morpholine rings is 1. The highest BCUT2D eigenvalue weighted by atomic mass is 16.5. The minimum Gasteiger partial charge on any atom is -0.481 e. The molecular formula is C11H19NO5. The van der Waals surface area contributed by atoms with E-state index < -0.39 is 18.0 Å². The van der Waals surface area contributed by atoms with Gasteiger partial charge in [-0.3, -0.25) is 14.5 Å². The van der Waals surface area contributed by atoms with Gasteiger partial charge in [0, 0.05) is 13.1 Å². The van der Waals surface area contributed by atoms with Gasteiger partial charge in [-0.2, -0.15) is 0 Å². The molecule has 1 saturated heterocycles. The molecule has 6 nitrogen and oxygen atoms in total. The van der Waals surface area contributed by atoms with Crippen LogP contribution in [0.25, 0.3) is 0 Å². The molecule has 0 aromatic heterocycles. The fraction of sp³-hybridized carbons (Fsp3) is 0.818. The van der Waals surface area contributed by atoms with E-state index in [-0.39, 0.29) is 6.42 Å². The van der Waals surface area contributed by atoms with E-state index in [2.05, 4.69) is 0 Å². The number of rotatable bonds is 6. The van der Waals surface area contributed by atoms with E-state index in [1.807, 2.05) is 11.8 Å². The Kier molecular flexibility index (Phi) is 5.93. The summed E-state index contributed by atoms with van der Waals surface area (Å²) < 4.78 is 10.2. The summed E-state index contributed by atoms with van der Waals surface area (Å²) in [6.07, 6.45) is 0.511. The average molecular weight is 245 g/mol. The van der Waals surface area contributed by atoms with Crippen molar-refractivity contribution in [3.8, 4) is 0 Å². The Morgan fingerprint density at radius 1 is 1.41 bits per heavy atom. The van der Waals surface area contributed by atoms with Crippen molar-refractivity contribution >= 4 is 11.9 Å². The van der Waals surface area contributed by atoms with E-state index >= 15 is 0 Å². The smallest absolute Gasteiger partial charge is 0.323 e. The number of hydrogen-bond donors (Lipinski definition) is 1. The van der Waals surface area contributed by atoms with Crippen LogP contribution in [0.1, 0.15) is 19.8 Å². The molecule has 1 rings (SSSR count). The van der Waals surface area contributed by atoms with Gasteiger partial charge in [0.25, 0.3) is 0 Å². The lowest BCUT2D eigenvalue weighted by Gasteiger charge is -2.32. The summed E-state index contributed by atoms with van der Waals surface area (Å²) in [6, 6.07) is -0.692. The molecule has 0 amide bonds. The molecule has 0 aromatic carbocycles. The Bertz CT molecular complexity index is 263. The van der Waals surface area contributed by atoms with Gasteiger partial charge >= 0.3 is 11.9 Å². The largest absolute Gasteiger partial charge is 0.481 e. The number of hydrogen-bond acceptors (Lipinski definition) is 5. The van der Waals surface area contributed by atoms with E-state index in [1.54, 1.807) is 0 Å². The fourth-order valence-electron chi connectivity index (χ4n) is 1.71. The van der Waals surface area contributed by atoms with Gasteiger partial charge in [-0.25, -0.2) is 0 Å². The second kappa shape index (κ2) is 7.24. The monoisotopic (exact) mass is 245 g/mol. The zero-order valence-corrected chi connectivity index (χ0v) is 10.1. The maximum atomic E-state index is 11.8. The number of carboxylic acids is 1. The molecule has 1 aliphatic heterocycles. The summed E-state index contributed by atoms with van der Waals surface area (Å²) in [5, 5.41) is 8.82. The molecule has 0 aliphatic carbocycles. The lowest BCUT2D eigenvalue weighted by Crippen LogP contribution is -2.49. The van der Waals surface area contributed by atoms with E-state index in [0.717, 1.165) is 6.42 Å². The van der Waals surface area contributed by atoms with Gasteiger partial charge in [0.2, 0.25) is 0 Å². The summed E-state index contributed by atoms with van der Waals surface area (Å²) >= 11 is 0. The predicted octanol–water partition coefficient (Wildman–Crippen LogP) is 0.115. The van der Waals surface area contributed by atoms with Crippen LogP contribution in [-0.4, -0.2) is 60.9 Å². The van der Waals surface area contributed by atoms with Crippen LogP contribution >= 0.6 is 0 Å². The van der Waals surface area contributed by atoms with Crippen molar-refractivity contribution in [3.05, 3.63) is 0 Å². The standard InChI is InChI=1S/C11H19NO5/c1-2-5-17-11(15)9(8-10(13)14)12-3-6-16-7-4-12/h9H,2-8H2,1H3,(H,13,14). The zero-order chi connectivity index (χ0) is 12.7. The molecule has 17 heavy (non-hydrogen) atoms. The van der Waals surface area contributed by atoms with Crippen LogP contribution in [0.3, 0.4) is 0 Å². The third-order valence-electron chi connectivity index (χ3n) is 2.57. The highest BCUT2D eigenvalue weighted by Gasteiger charge is 2.30. The third-order valence-corrected chi connectivity index (χ3v) is 2.57. The first-order valence-electron chi connectivity index (χ1n) is 5.85. The van der Waals surface area contributed by atoms with E-state index in [9.17, 15) is 9.59 Å². The van der Waals surface area contributed by atoms with Gasteiger partial charge in [-0.15, -0.1) is 0 Å². The summed E-state index contributed by atoms with van der Waals surface area (Å²) in [5.74, 6) is -1.44. The first kappa shape index (κ1) is 13.9. The highest BCUT2D eigenvalue weighted by Crippen LogP contribution is 2.10. The van der Waals surface area contributed by atoms with Crippen molar-refractivity contribution in [2.24, 2.45) is 0 Å². The van der Waals surface area contributed by atoms with Crippen LogP contribution in [0.15, 0.2) is 0 Å². The van der Waals surface area contributed by atoms with Gasteiger partial charge in [-0.1, -0.05) is 6.92 Å². The van der Waals surface area contributed by atoms with Crippen molar-refractivity contribution in [1.82, 2.24) is 4.90 Å². The molecular weight excluding hydrogens is 226 g/mol. The third kappa shape index (κ3) is 4.70. The molecule has 1 unspecified atom stereocenters. The topological polar surface area (TPSA) is 76.1 Å². The van der Waals surface area contributed by atoms with Crippen molar-refractivity contribution in [2.45, 2.75) is 25.8 Å². The molecule has 1 N–H and O–H groups in total. The van der Waals surface area contributed by atoms with Crippen molar-refractivity contribution in [2.75, 3.05) is 32.9 Å². The maximum absolute atomic E-state index is 11.8. The molecule has 1 atom stereocenters. The van der Waals surface area contributed by atoms with Gasteiger partial charge in [-0.05, 0) is 6.42 Å². The summed E-state index contributed by atoms with van der Waals surface area (Å²) in [4.78, 5) is 24.3. The van der Waals surface area contributed by atoms with Gasteiger partial charge < -0.3 is 14.6 Å². The Morgan fingerprint density at radius 3 is 2.59 bits per heavy atom. The second-order valence-corrected chi connectivity index (χ2v) is 3.93. The van der Waals surface area contributed by atoms with Crippen molar-refractivity contribution in [3.63, 3.8) is 0 Å². The Morgan fingerprint density at radius 2 is 2.06 bits per heavy atom. The van der Waals surface area contributed by atoms with E-state index in [0.29, 0.717) is 32.9 Å². The first-order chi connectivity index (χ1) is 8.15. The number of aliphatic carboxylic acids is 1. The lowest BCUT2D eigenvalue weighted by molar-refractivity contribution is -0.156. The Labute approximate surface area is 100 Å². The normalized spacial score (nSPS) is 18.6. The number of carbonyl (C=O) groups excluding carboxylic acids is 1. The zero-order valence-electron chi connectivity index (χ0n) is 10.1. The molecule has 0 saturated carbocycles. The van der Waals surface area contributed by atoms with Gasteiger partial charge in [0.1, 0.15) is 6.04 Å². The van der Waals surface area contributed by atoms with Gasteiger partial charge in [0.05, 0.1) is 26.2 Å². The SMILES string of the molecule is CCCOC(=O)C(CC(=O)O)N1CCOCC1. The van der Waals surface area contributed by atoms with Crippen LogP contribution < -0.4 is 0 Å². The van der Waals surface area contributed by atoms with E-state index in [1.165, 1.54) is 0 Å². The highest BCUT2D eigenvalue weighted by molar-refractivity contribution is 5.82. The molecule has 1 heterocycles. The molecule has 1 fully saturated rings. The van der Waals surface area contributed by atoms with Gasteiger partial charge in [0.15, 0.2) is 0 Å². The van der Waals surface area contributed by atoms with Crippen LogP contribution in [0, 0.1) is 0 Å². The molecule has 1 aliphatic rings. The maximum Gasteiger partial charge on any atom is 0.323 e. The summed E-state index contributed by atoms with van der Waals surface area (Å²) in [5.41, 5.74) is 0. The van der Waals surface area contributed by atoms with Crippen LogP contribution in [-0.2, 0) is 19.1 Å². The number of nitrogens with zero attached hydrogens (tertiary/aromatic N) is 1. The number of esters is 1. The van der Waals surface area contributed by atoms with Crippen LogP contribution in [0.5, 0.6) is 0 Å². The van der Waals surface area contributed by atoms with Crippen LogP contribution in [0.4, 0.5) is 0 Å². The molecule has 0 radical (unpaired) electrons. The summed E-state index contributed by atoms with van der Waals surface area (Å²) in [7, 11) is 0. The lowest BCUT2D eigenvalue weighted by atomic mass is 10.1. The summed E-state index contributed by atoms with van der Waals surface area (Å²) in [6.45, 7) is 4.42. The van der Waals surface area contributed by atoms with Crippen molar-refractivity contribution in [1.29, 1.82) is 0 Å². The number of carboxylic acid groups (broad SMARTS) is 1.